The maximum absolute atomic E-state index is 12.9. The van der Waals surface area contributed by atoms with Crippen LogP contribution >= 0.6 is 43.6 Å². The lowest BCUT2D eigenvalue weighted by Crippen LogP contribution is -2.27. The minimum absolute atomic E-state index is 0.0389. The number of ether oxygens (including phenoxy) is 1. The maximum Gasteiger partial charge on any atom is 0.293 e. The van der Waals surface area contributed by atoms with Crippen LogP contribution in [-0.4, -0.2) is 21.0 Å². The molecule has 4 rings (SSSR count). The Morgan fingerprint density at radius 3 is 2.40 bits per heavy atom. The average Bonchev–Trinajstić information content (AvgIpc) is 3.06. The standard InChI is InChI=1S/C25H18Br2N2O5S/c1-15-4-2-6-17(8-15)14-34-23-20(26)10-18(11-21(23)27)12-22-24(30)28(25(31)35-22)13-16-5-3-7-19(9-16)29(32)33/h2-12H,13-14H2,1H3/b22-12+. The van der Waals surface area contributed by atoms with E-state index < -0.39 is 16.1 Å². The molecule has 0 radical (unpaired) electrons. The monoisotopic (exact) mass is 616 g/mol. The first-order chi connectivity index (χ1) is 16.7. The van der Waals surface area contributed by atoms with E-state index in [1.807, 2.05) is 37.3 Å². The molecule has 10 heteroatoms. The molecular formula is C25H18Br2N2O5S. The van der Waals surface area contributed by atoms with Crippen LogP contribution in [0.4, 0.5) is 10.5 Å². The zero-order valence-corrected chi connectivity index (χ0v) is 22.4. The van der Waals surface area contributed by atoms with Crippen LogP contribution in [0.25, 0.3) is 6.08 Å². The number of hydrogen-bond donors (Lipinski definition) is 0. The first-order valence-corrected chi connectivity index (χ1v) is 12.8. The minimum atomic E-state index is -0.513. The van der Waals surface area contributed by atoms with E-state index in [-0.39, 0.29) is 17.1 Å². The quantitative estimate of drug-likeness (QED) is 0.158. The molecule has 0 unspecified atom stereocenters. The molecule has 0 N–H and O–H groups in total. The zero-order chi connectivity index (χ0) is 25.1. The lowest BCUT2D eigenvalue weighted by Gasteiger charge is -2.13. The number of nitrogens with zero attached hydrogens (tertiary/aromatic N) is 2. The fraction of sp³-hybridized carbons (Fsp3) is 0.120. The molecule has 3 aromatic rings. The number of nitro benzene ring substituents is 1. The molecule has 0 saturated carbocycles. The number of hydrogen-bond acceptors (Lipinski definition) is 6. The molecule has 35 heavy (non-hydrogen) atoms. The van der Waals surface area contributed by atoms with Gasteiger partial charge in [-0.15, -0.1) is 0 Å². The molecule has 1 fully saturated rings. The predicted molar refractivity (Wildman–Crippen MR) is 142 cm³/mol. The molecule has 1 saturated heterocycles. The summed E-state index contributed by atoms with van der Waals surface area (Å²) >= 11 is 7.89. The Balaban J connectivity index is 1.50. The average molecular weight is 618 g/mol. The Morgan fingerprint density at radius 2 is 1.71 bits per heavy atom. The van der Waals surface area contributed by atoms with Crippen molar-refractivity contribution in [3.05, 3.63) is 107 Å². The minimum Gasteiger partial charge on any atom is -0.487 e. The van der Waals surface area contributed by atoms with Crippen molar-refractivity contribution >= 4 is 66.5 Å². The molecule has 1 heterocycles. The third kappa shape index (κ3) is 6.01. The van der Waals surface area contributed by atoms with Crippen molar-refractivity contribution in [2.45, 2.75) is 20.1 Å². The van der Waals surface area contributed by atoms with E-state index in [0.717, 1.165) is 27.8 Å². The van der Waals surface area contributed by atoms with Gasteiger partial charge in [0.05, 0.1) is 25.3 Å². The molecule has 7 nitrogen and oxygen atoms in total. The van der Waals surface area contributed by atoms with E-state index in [9.17, 15) is 19.7 Å². The zero-order valence-electron chi connectivity index (χ0n) is 18.4. The smallest absolute Gasteiger partial charge is 0.293 e. The van der Waals surface area contributed by atoms with Crippen LogP contribution in [0.15, 0.2) is 74.5 Å². The third-order valence-electron chi connectivity index (χ3n) is 5.12. The normalized spacial score (nSPS) is 14.6. The molecular weight excluding hydrogens is 600 g/mol. The fourth-order valence-electron chi connectivity index (χ4n) is 3.50. The van der Waals surface area contributed by atoms with Gasteiger partial charge in [-0.3, -0.25) is 24.6 Å². The molecule has 1 aliphatic rings. The number of carbonyl (C=O) groups excluding carboxylic acids is 2. The summed E-state index contributed by atoms with van der Waals surface area (Å²) in [4.78, 5) is 37.2. The van der Waals surface area contributed by atoms with E-state index in [0.29, 0.717) is 32.4 Å². The van der Waals surface area contributed by atoms with Gasteiger partial charge in [-0.2, -0.15) is 0 Å². The van der Waals surface area contributed by atoms with Crippen molar-refractivity contribution in [2.75, 3.05) is 0 Å². The summed E-state index contributed by atoms with van der Waals surface area (Å²) in [7, 11) is 0. The van der Waals surface area contributed by atoms with Gasteiger partial charge in [0.25, 0.3) is 16.8 Å². The number of imide groups is 1. The molecule has 178 valence electrons. The second-order valence-electron chi connectivity index (χ2n) is 7.79. The molecule has 3 aromatic carbocycles. The van der Waals surface area contributed by atoms with Crippen LogP contribution in [-0.2, 0) is 17.9 Å². The van der Waals surface area contributed by atoms with Crippen LogP contribution < -0.4 is 4.74 Å². The van der Waals surface area contributed by atoms with Crippen LogP contribution in [0.1, 0.15) is 22.3 Å². The molecule has 0 aliphatic carbocycles. The third-order valence-corrected chi connectivity index (χ3v) is 7.21. The fourth-order valence-corrected chi connectivity index (χ4v) is 5.79. The molecule has 1 aliphatic heterocycles. The number of halogens is 2. The van der Waals surface area contributed by atoms with E-state index in [2.05, 4.69) is 37.9 Å². The Hall–Kier alpha value is -2.95. The number of aryl methyl sites for hydroxylation is 1. The van der Waals surface area contributed by atoms with Gasteiger partial charge in [0.2, 0.25) is 0 Å². The first-order valence-electron chi connectivity index (χ1n) is 10.4. The second-order valence-corrected chi connectivity index (χ2v) is 10.5. The Kier molecular flexibility index (Phi) is 7.73. The van der Waals surface area contributed by atoms with E-state index in [1.165, 1.54) is 18.2 Å². The number of non-ortho nitro benzene ring substituents is 1. The van der Waals surface area contributed by atoms with Gasteiger partial charge < -0.3 is 4.74 Å². The first kappa shape index (κ1) is 25.2. The summed E-state index contributed by atoms with van der Waals surface area (Å²) in [5.41, 5.74) is 3.31. The van der Waals surface area contributed by atoms with Crippen LogP contribution in [0.2, 0.25) is 0 Å². The SMILES string of the molecule is Cc1cccc(COc2c(Br)cc(/C=C3/SC(=O)N(Cc4cccc([N+](=O)[O-])c4)C3=O)cc2Br)c1. The van der Waals surface area contributed by atoms with Gasteiger partial charge in [-0.05, 0) is 85.4 Å². The number of carbonyl (C=O) groups is 2. The highest BCUT2D eigenvalue weighted by Crippen LogP contribution is 2.38. The highest BCUT2D eigenvalue weighted by atomic mass is 79.9. The van der Waals surface area contributed by atoms with E-state index in [4.69, 9.17) is 4.74 Å². The highest BCUT2D eigenvalue weighted by Gasteiger charge is 2.35. The van der Waals surface area contributed by atoms with Crippen molar-refractivity contribution in [3.63, 3.8) is 0 Å². The molecule has 0 atom stereocenters. The number of benzene rings is 3. The van der Waals surface area contributed by atoms with E-state index in [1.54, 1.807) is 12.1 Å². The molecule has 0 bridgehead atoms. The Morgan fingerprint density at radius 1 is 1.03 bits per heavy atom. The van der Waals surface area contributed by atoms with Crippen molar-refractivity contribution < 1.29 is 19.2 Å². The summed E-state index contributed by atoms with van der Waals surface area (Å²) in [6.45, 7) is 2.38. The predicted octanol–water partition coefficient (Wildman–Crippen LogP) is 7.24. The largest absolute Gasteiger partial charge is 0.487 e. The van der Waals surface area contributed by atoms with Gasteiger partial charge in [-0.25, -0.2) is 0 Å². The summed E-state index contributed by atoms with van der Waals surface area (Å²) < 4.78 is 7.38. The number of thioether (sulfide) groups is 1. The van der Waals surface area contributed by atoms with Gasteiger partial charge in [0, 0.05) is 12.1 Å². The number of amides is 2. The molecule has 2 amide bonds. The topological polar surface area (TPSA) is 89.8 Å². The summed E-state index contributed by atoms with van der Waals surface area (Å²) in [6, 6.07) is 17.6. The summed E-state index contributed by atoms with van der Waals surface area (Å²) in [5.74, 6) is 0.181. The van der Waals surface area contributed by atoms with Gasteiger partial charge in [0.1, 0.15) is 12.4 Å². The van der Waals surface area contributed by atoms with Crippen molar-refractivity contribution in [1.29, 1.82) is 0 Å². The highest BCUT2D eigenvalue weighted by molar-refractivity contribution is 9.11. The summed E-state index contributed by atoms with van der Waals surface area (Å²) in [6.07, 6.45) is 1.64. The Labute approximate surface area is 222 Å². The van der Waals surface area contributed by atoms with E-state index >= 15 is 0 Å². The lowest BCUT2D eigenvalue weighted by molar-refractivity contribution is -0.384. The number of nitro groups is 1. The van der Waals surface area contributed by atoms with Gasteiger partial charge >= 0.3 is 0 Å². The van der Waals surface area contributed by atoms with Crippen LogP contribution in [0.5, 0.6) is 5.75 Å². The van der Waals surface area contributed by atoms with Crippen LogP contribution in [0, 0.1) is 17.0 Å². The van der Waals surface area contributed by atoms with Crippen LogP contribution in [0.3, 0.4) is 0 Å². The van der Waals surface area contributed by atoms with Gasteiger partial charge in [0.15, 0.2) is 0 Å². The maximum atomic E-state index is 12.9. The van der Waals surface area contributed by atoms with Crippen molar-refractivity contribution in [3.8, 4) is 5.75 Å². The van der Waals surface area contributed by atoms with Gasteiger partial charge in [-0.1, -0.05) is 42.0 Å². The summed E-state index contributed by atoms with van der Waals surface area (Å²) in [5, 5.41) is 10.6. The number of rotatable bonds is 7. The second kappa shape index (κ2) is 10.8. The Bertz CT molecular complexity index is 1350. The molecule has 0 spiro atoms. The lowest BCUT2D eigenvalue weighted by atomic mass is 10.1. The van der Waals surface area contributed by atoms with Crippen molar-refractivity contribution in [1.82, 2.24) is 4.90 Å². The van der Waals surface area contributed by atoms with Crippen molar-refractivity contribution in [2.24, 2.45) is 0 Å². The molecule has 0 aromatic heterocycles.